The molecule has 2 aliphatic rings. The molecule has 29 heavy (non-hydrogen) atoms. The first-order valence-corrected chi connectivity index (χ1v) is 10.2. The van der Waals surface area contributed by atoms with Gasteiger partial charge in [0.05, 0.1) is 6.54 Å². The highest BCUT2D eigenvalue weighted by Gasteiger charge is 2.47. The maximum absolute atomic E-state index is 13.1. The molecule has 0 bridgehead atoms. The molecule has 2 saturated heterocycles. The highest BCUT2D eigenvalue weighted by atomic mass is 16.2. The van der Waals surface area contributed by atoms with Crippen molar-refractivity contribution in [3.8, 4) is 0 Å². The zero-order chi connectivity index (χ0) is 20.7. The van der Waals surface area contributed by atoms with Crippen LogP contribution in [0.4, 0.5) is 0 Å². The van der Waals surface area contributed by atoms with Gasteiger partial charge in [0.1, 0.15) is 12.1 Å². The van der Waals surface area contributed by atoms with E-state index in [1.54, 1.807) is 21.7 Å². The van der Waals surface area contributed by atoms with Gasteiger partial charge in [0, 0.05) is 25.7 Å². The quantitative estimate of drug-likeness (QED) is 0.804. The SMILES string of the molecule is CC(C)C[C@H]1C(=O)N2CCN(C(=O)c3ccc4ccccc4c3)C[C@@H]2C(=O)N1C. The lowest BCUT2D eigenvalue weighted by atomic mass is 9.95. The van der Waals surface area contributed by atoms with Crippen molar-refractivity contribution in [2.24, 2.45) is 5.92 Å². The molecule has 0 N–H and O–H groups in total. The Morgan fingerprint density at radius 1 is 1.03 bits per heavy atom. The van der Waals surface area contributed by atoms with Gasteiger partial charge in [-0.05, 0) is 35.2 Å². The third-order valence-electron chi connectivity index (χ3n) is 6.03. The van der Waals surface area contributed by atoms with E-state index in [-0.39, 0.29) is 24.3 Å². The van der Waals surface area contributed by atoms with E-state index < -0.39 is 12.1 Å². The smallest absolute Gasteiger partial charge is 0.254 e. The molecule has 0 radical (unpaired) electrons. The highest BCUT2D eigenvalue weighted by Crippen LogP contribution is 2.26. The van der Waals surface area contributed by atoms with E-state index in [2.05, 4.69) is 13.8 Å². The summed E-state index contributed by atoms with van der Waals surface area (Å²) in [6.45, 7) is 5.20. The molecule has 0 saturated carbocycles. The Hall–Kier alpha value is -2.89. The number of benzene rings is 2. The van der Waals surface area contributed by atoms with Crippen molar-refractivity contribution in [2.75, 3.05) is 26.7 Å². The van der Waals surface area contributed by atoms with Gasteiger partial charge in [-0.15, -0.1) is 0 Å². The van der Waals surface area contributed by atoms with Crippen LogP contribution in [-0.2, 0) is 9.59 Å². The minimum Gasteiger partial charge on any atom is -0.334 e. The lowest BCUT2D eigenvalue weighted by Gasteiger charge is -2.48. The molecule has 0 unspecified atom stereocenters. The van der Waals surface area contributed by atoms with E-state index in [0.29, 0.717) is 31.0 Å². The second-order valence-corrected chi connectivity index (χ2v) is 8.46. The van der Waals surface area contributed by atoms with Crippen LogP contribution in [0.3, 0.4) is 0 Å². The molecule has 4 rings (SSSR count). The summed E-state index contributed by atoms with van der Waals surface area (Å²) in [6, 6.07) is 12.6. The molecule has 6 heteroatoms. The number of hydrogen-bond acceptors (Lipinski definition) is 3. The van der Waals surface area contributed by atoms with E-state index in [1.807, 2.05) is 42.5 Å². The van der Waals surface area contributed by atoms with Crippen molar-refractivity contribution in [2.45, 2.75) is 32.4 Å². The van der Waals surface area contributed by atoms with Crippen molar-refractivity contribution in [3.05, 3.63) is 48.0 Å². The topological polar surface area (TPSA) is 60.9 Å². The summed E-state index contributed by atoms with van der Waals surface area (Å²) in [5.74, 6) is 0.156. The molecule has 2 aromatic carbocycles. The van der Waals surface area contributed by atoms with Crippen LogP contribution < -0.4 is 0 Å². The fourth-order valence-corrected chi connectivity index (χ4v) is 4.40. The Bertz CT molecular complexity index is 971. The van der Waals surface area contributed by atoms with Crippen LogP contribution >= 0.6 is 0 Å². The number of hydrogen-bond donors (Lipinski definition) is 0. The van der Waals surface area contributed by atoms with E-state index in [1.165, 1.54) is 0 Å². The zero-order valence-electron chi connectivity index (χ0n) is 17.2. The Kier molecular flexibility index (Phi) is 5.03. The summed E-state index contributed by atoms with van der Waals surface area (Å²) >= 11 is 0. The predicted molar refractivity (Wildman–Crippen MR) is 111 cm³/mol. The Labute approximate surface area is 171 Å². The number of fused-ring (bicyclic) bond motifs is 2. The maximum atomic E-state index is 13.1. The Balaban J connectivity index is 1.53. The number of likely N-dealkylation sites (N-methyl/N-ethyl adjacent to an activating group) is 1. The molecule has 3 amide bonds. The molecule has 2 fully saturated rings. The molecule has 6 nitrogen and oxygen atoms in total. The minimum atomic E-state index is -0.589. The summed E-state index contributed by atoms with van der Waals surface area (Å²) in [4.78, 5) is 44.0. The third kappa shape index (κ3) is 3.48. The fourth-order valence-electron chi connectivity index (χ4n) is 4.40. The second kappa shape index (κ2) is 7.50. The van der Waals surface area contributed by atoms with Gasteiger partial charge >= 0.3 is 0 Å². The van der Waals surface area contributed by atoms with Gasteiger partial charge in [-0.2, -0.15) is 0 Å². The zero-order valence-corrected chi connectivity index (χ0v) is 17.2. The molecular formula is C23H27N3O3. The van der Waals surface area contributed by atoms with Crippen molar-refractivity contribution in [1.82, 2.24) is 14.7 Å². The number of piperazine rings is 2. The van der Waals surface area contributed by atoms with Crippen LogP contribution in [0.25, 0.3) is 10.8 Å². The summed E-state index contributed by atoms with van der Waals surface area (Å²) < 4.78 is 0. The molecule has 0 spiro atoms. The monoisotopic (exact) mass is 393 g/mol. The average Bonchev–Trinajstić information content (AvgIpc) is 2.73. The molecule has 2 aliphatic heterocycles. The number of rotatable bonds is 3. The maximum Gasteiger partial charge on any atom is 0.254 e. The first-order valence-electron chi connectivity index (χ1n) is 10.2. The largest absolute Gasteiger partial charge is 0.334 e. The lowest BCUT2D eigenvalue weighted by Crippen LogP contribution is -2.69. The van der Waals surface area contributed by atoms with Crippen molar-refractivity contribution in [3.63, 3.8) is 0 Å². The van der Waals surface area contributed by atoms with Crippen molar-refractivity contribution in [1.29, 1.82) is 0 Å². The van der Waals surface area contributed by atoms with Gasteiger partial charge in [-0.1, -0.05) is 44.2 Å². The second-order valence-electron chi connectivity index (χ2n) is 8.46. The van der Waals surface area contributed by atoms with Gasteiger partial charge in [0.15, 0.2) is 0 Å². The van der Waals surface area contributed by atoms with Gasteiger partial charge in [-0.3, -0.25) is 14.4 Å². The predicted octanol–water partition coefficient (Wildman–Crippen LogP) is 2.38. The van der Waals surface area contributed by atoms with Crippen LogP contribution in [0, 0.1) is 5.92 Å². The first-order chi connectivity index (χ1) is 13.9. The van der Waals surface area contributed by atoms with Crippen molar-refractivity contribution >= 4 is 28.5 Å². The number of carbonyl (C=O) groups excluding carboxylic acids is 3. The lowest BCUT2D eigenvalue weighted by molar-refractivity contribution is -0.163. The highest BCUT2D eigenvalue weighted by molar-refractivity contribution is 6.01. The summed E-state index contributed by atoms with van der Waals surface area (Å²) in [5, 5.41) is 2.09. The Morgan fingerprint density at radius 3 is 2.48 bits per heavy atom. The minimum absolute atomic E-state index is 0.00334. The summed E-state index contributed by atoms with van der Waals surface area (Å²) in [6.07, 6.45) is 0.657. The van der Waals surface area contributed by atoms with Crippen LogP contribution in [0.2, 0.25) is 0 Å². The summed E-state index contributed by atoms with van der Waals surface area (Å²) in [7, 11) is 1.70. The van der Waals surface area contributed by atoms with Gasteiger partial charge in [0.2, 0.25) is 11.8 Å². The molecule has 2 heterocycles. The first kappa shape index (κ1) is 19.4. The molecule has 0 aromatic heterocycles. The number of amides is 3. The summed E-state index contributed by atoms with van der Waals surface area (Å²) in [5.41, 5.74) is 0.609. The van der Waals surface area contributed by atoms with Crippen LogP contribution in [-0.4, -0.2) is 71.2 Å². The molecule has 2 atom stereocenters. The van der Waals surface area contributed by atoms with Gasteiger partial charge < -0.3 is 14.7 Å². The van der Waals surface area contributed by atoms with Gasteiger partial charge in [0.25, 0.3) is 5.91 Å². The number of nitrogens with zero attached hydrogens (tertiary/aromatic N) is 3. The van der Waals surface area contributed by atoms with Gasteiger partial charge in [-0.25, -0.2) is 0 Å². The van der Waals surface area contributed by atoms with E-state index in [0.717, 1.165) is 10.8 Å². The normalized spacial score (nSPS) is 22.4. The van der Waals surface area contributed by atoms with E-state index in [9.17, 15) is 14.4 Å². The molecule has 2 aromatic rings. The van der Waals surface area contributed by atoms with Crippen LogP contribution in [0.15, 0.2) is 42.5 Å². The van der Waals surface area contributed by atoms with Crippen LogP contribution in [0.1, 0.15) is 30.6 Å². The van der Waals surface area contributed by atoms with Crippen LogP contribution in [0.5, 0.6) is 0 Å². The molecule has 0 aliphatic carbocycles. The number of carbonyl (C=O) groups is 3. The van der Waals surface area contributed by atoms with E-state index >= 15 is 0 Å². The van der Waals surface area contributed by atoms with Crippen molar-refractivity contribution < 1.29 is 14.4 Å². The Morgan fingerprint density at radius 2 is 1.76 bits per heavy atom. The third-order valence-corrected chi connectivity index (χ3v) is 6.03. The average molecular weight is 393 g/mol. The molecule has 152 valence electrons. The molecular weight excluding hydrogens is 366 g/mol. The fraction of sp³-hybridized carbons (Fsp3) is 0.435. The standard InChI is InChI=1S/C23H27N3O3/c1-15(2)12-19-23(29)26-11-10-25(14-20(26)22(28)24(19)3)21(27)18-9-8-16-6-4-5-7-17(16)13-18/h4-9,13,15,19-20H,10-12,14H2,1-3H3/t19-,20+/m0/s1. The van der Waals surface area contributed by atoms with E-state index in [4.69, 9.17) is 0 Å².